The van der Waals surface area contributed by atoms with Gasteiger partial charge in [-0.1, -0.05) is 352 Å². The number of phosphoric acid groups is 2. The molecule has 0 aromatic rings. The smallest absolute Gasteiger partial charge is 0.462 e. The summed E-state index contributed by atoms with van der Waals surface area (Å²) in [6, 6.07) is 0. The van der Waals surface area contributed by atoms with Crippen molar-refractivity contribution in [1.29, 1.82) is 0 Å². The Balaban J connectivity index is 5.34. The minimum atomic E-state index is -4.98. The van der Waals surface area contributed by atoms with Gasteiger partial charge in [0.15, 0.2) is 12.2 Å². The lowest BCUT2D eigenvalue weighted by Gasteiger charge is -2.21. The van der Waals surface area contributed by atoms with E-state index in [4.69, 9.17) is 37.0 Å². The Morgan fingerprint density at radius 2 is 0.510 bits per heavy atom. The largest absolute Gasteiger partial charge is 0.472 e. The molecule has 0 aromatic heterocycles. The molecule has 0 heterocycles. The summed E-state index contributed by atoms with van der Waals surface area (Å²) in [5.41, 5.74) is 0. The molecule has 0 spiro atoms. The number of aliphatic hydroxyl groups excluding tert-OH is 1. The first-order valence-electron chi connectivity index (χ1n) is 41.5. The zero-order chi connectivity index (χ0) is 74.6. The maximum atomic E-state index is 13.1. The number of hydrogen-bond acceptors (Lipinski definition) is 15. The van der Waals surface area contributed by atoms with Gasteiger partial charge in [0.25, 0.3) is 0 Å². The van der Waals surface area contributed by atoms with E-state index < -0.39 is 97.5 Å². The highest BCUT2D eigenvalue weighted by molar-refractivity contribution is 7.47. The summed E-state index contributed by atoms with van der Waals surface area (Å²) in [7, 11) is -9.95. The van der Waals surface area contributed by atoms with Crippen LogP contribution in [-0.4, -0.2) is 96.7 Å². The Labute approximate surface area is 622 Å². The van der Waals surface area contributed by atoms with Crippen molar-refractivity contribution in [3.63, 3.8) is 0 Å². The second kappa shape index (κ2) is 76.0. The quantitative estimate of drug-likeness (QED) is 0.0169. The topological polar surface area (TPSA) is 237 Å². The first-order chi connectivity index (χ1) is 49.7. The molecular weight excluding hydrogens is 1330 g/mol. The molecule has 3 N–H and O–H groups in total. The lowest BCUT2D eigenvalue weighted by molar-refractivity contribution is -0.161. The molecule has 0 saturated heterocycles. The Morgan fingerprint density at radius 3 is 0.784 bits per heavy atom. The lowest BCUT2D eigenvalue weighted by atomic mass is 10.0. The number of ether oxygens (including phenoxy) is 4. The molecule has 0 fully saturated rings. The fourth-order valence-electron chi connectivity index (χ4n) is 11.7. The molecule has 0 rings (SSSR count). The third-order valence-corrected chi connectivity index (χ3v) is 19.9. The van der Waals surface area contributed by atoms with Crippen LogP contribution in [0.3, 0.4) is 0 Å². The Hall–Kier alpha value is -3.24. The summed E-state index contributed by atoms with van der Waals surface area (Å²) >= 11 is 0. The molecular formula is C83H152O17P2. The number of carbonyl (C=O) groups is 4. The maximum Gasteiger partial charge on any atom is 0.472 e. The van der Waals surface area contributed by atoms with Gasteiger partial charge in [-0.2, -0.15) is 0 Å². The summed E-state index contributed by atoms with van der Waals surface area (Å²) < 4.78 is 68.7. The van der Waals surface area contributed by atoms with E-state index in [1.165, 1.54) is 193 Å². The minimum absolute atomic E-state index is 0.0611. The summed E-state index contributed by atoms with van der Waals surface area (Å²) in [4.78, 5) is 73.1. The van der Waals surface area contributed by atoms with Crippen LogP contribution in [0.5, 0.6) is 0 Å². The van der Waals surface area contributed by atoms with Crippen molar-refractivity contribution >= 4 is 39.5 Å². The average Bonchev–Trinajstić information content (AvgIpc) is 0.908. The summed E-state index contributed by atoms with van der Waals surface area (Å²) in [5.74, 6) is -2.17. The molecule has 0 amide bonds. The van der Waals surface area contributed by atoms with E-state index >= 15 is 0 Å². The number of rotatable bonds is 79. The Morgan fingerprint density at radius 1 is 0.284 bits per heavy atom. The third-order valence-electron chi connectivity index (χ3n) is 18.0. The highest BCUT2D eigenvalue weighted by Crippen LogP contribution is 2.45. The highest BCUT2D eigenvalue weighted by Gasteiger charge is 2.30. The Kier molecular flexibility index (Phi) is 73.6. The Bertz CT molecular complexity index is 2170. The fourth-order valence-corrected chi connectivity index (χ4v) is 13.3. The zero-order valence-corrected chi connectivity index (χ0v) is 67.1. The number of esters is 4. The molecule has 0 aliphatic carbocycles. The molecule has 0 radical (unpaired) electrons. The number of carbonyl (C=O) groups excluding carboxylic acids is 4. The lowest BCUT2D eigenvalue weighted by Crippen LogP contribution is -2.30. The fraction of sp³-hybridized carbons (Fsp3) is 0.831. The minimum Gasteiger partial charge on any atom is -0.462 e. The van der Waals surface area contributed by atoms with Crippen molar-refractivity contribution in [2.75, 3.05) is 39.6 Å². The predicted molar refractivity (Wildman–Crippen MR) is 418 cm³/mol. The second-order valence-electron chi connectivity index (χ2n) is 28.1. The van der Waals surface area contributed by atoms with E-state index in [9.17, 15) is 43.2 Å². The van der Waals surface area contributed by atoms with Crippen LogP contribution in [0.1, 0.15) is 387 Å². The first-order valence-corrected chi connectivity index (χ1v) is 44.5. The molecule has 0 aliphatic rings. The van der Waals surface area contributed by atoms with Gasteiger partial charge in [0.1, 0.15) is 19.3 Å². The maximum absolute atomic E-state index is 13.1. The number of unbranched alkanes of at least 4 members (excludes halogenated alkanes) is 43. The van der Waals surface area contributed by atoms with Gasteiger partial charge < -0.3 is 33.8 Å². The van der Waals surface area contributed by atoms with Crippen LogP contribution >= 0.6 is 15.6 Å². The third kappa shape index (κ3) is 75.0. The number of allylic oxidation sites excluding steroid dienone is 10. The average molecular weight is 1480 g/mol. The first kappa shape index (κ1) is 98.8. The molecule has 17 nitrogen and oxygen atoms in total. The van der Waals surface area contributed by atoms with Gasteiger partial charge in [-0.05, 0) is 70.6 Å². The number of phosphoric ester groups is 2. The zero-order valence-electron chi connectivity index (χ0n) is 65.3. The predicted octanol–water partition coefficient (Wildman–Crippen LogP) is 24.2. The monoisotopic (exact) mass is 1480 g/mol. The van der Waals surface area contributed by atoms with Crippen molar-refractivity contribution in [1.82, 2.24) is 0 Å². The highest BCUT2D eigenvalue weighted by atomic mass is 31.2. The van der Waals surface area contributed by atoms with Gasteiger partial charge in [0, 0.05) is 25.7 Å². The molecule has 19 heteroatoms. The van der Waals surface area contributed by atoms with Crippen molar-refractivity contribution in [2.24, 2.45) is 0 Å². The van der Waals surface area contributed by atoms with Crippen molar-refractivity contribution in [3.05, 3.63) is 60.8 Å². The van der Waals surface area contributed by atoms with Crippen LogP contribution < -0.4 is 0 Å². The van der Waals surface area contributed by atoms with Crippen LogP contribution in [0.4, 0.5) is 0 Å². The van der Waals surface area contributed by atoms with Crippen LogP contribution in [-0.2, 0) is 65.4 Å². The van der Waals surface area contributed by atoms with E-state index in [1.54, 1.807) is 0 Å². The van der Waals surface area contributed by atoms with Crippen LogP contribution in [0, 0.1) is 0 Å². The SMILES string of the molecule is CC/C=C\C/C=C\C/C=C\C/C=C\C/C=C\CCCCCC(=O)O[C@H](COC(=O)CCCCCCCCCCCCCCCCC)COP(=O)(O)OC[C@@H](O)COP(=O)(O)OC[C@@H](COC(=O)CCCCCCCCCCCCCCCCC)OC(=O)CCCCCCCCCCCCCCC. The number of aliphatic hydroxyl groups is 1. The van der Waals surface area contributed by atoms with Crippen LogP contribution in [0.25, 0.3) is 0 Å². The molecule has 0 saturated carbocycles. The number of hydrogen-bond donors (Lipinski definition) is 3. The van der Waals surface area contributed by atoms with Gasteiger partial charge in [-0.25, -0.2) is 9.13 Å². The molecule has 596 valence electrons. The summed E-state index contributed by atoms with van der Waals surface area (Å²) in [6.07, 6.45) is 76.2. The standard InChI is InChI=1S/C83H152O17P2/c1-5-9-13-17-21-25-29-33-36-37-38-39-42-46-50-54-58-62-66-70-83(88)100-79(74-94-81(86)68-64-60-56-52-48-45-41-35-31-27-23-19-15-11-7-3)76-98-102(91,92)96-72-77(84)71-95-101(89,90)97-75-78(99-82(87)69-65-61-57-53-49-43-32-28-24-20-16-12-8-4)73-93-80(85)67-63-59-55-51-47-44-40-34-30-26-22-18-14-10-6-2/h9,13,21,25,33,36,38-39,46,50,77-79,84H,5-8,10-12,14-20,22-24,26-32,34-35,37,40-45,47-49,51-76H2,1-4H3,(H,89,90)(H,91,92)/b13-9-,25-21-,36-33-,39-38-,50-46-/t77-,78+,79+/m0/s1. The van der Waals surface area contributed by atoms with Gasteiger partial charge >= 0.3 is 39.5 Å². The van der Waals surface area contributed by atoms with E-state index in [0.29, 0.717) is 25.7 Å². The van der Waals surface area contributed by atoms with E-state index in [0.717, 1.165) is 116 Å². The van der Waals surface area contributed by atoms with Crippen molar-refractivity contribution < 1.29 is 80.2 Å². The molecule has 2 unspecified atom stereocenters. The normalized spacial score (nSPS) is 14.1. The molecule has 0 bridgehead atoms. The molecule has 0 aliphatic heterocycles. The van der Waals surface area contributed by atoms with E-state index in [-0.39, 0.29) is 25.7 Å². The van der Waals surface area contributed by atoms with Crippen molar-refractivity contribution in [2.45, 2.75) is 406 Å². The van der Waals surface area contributed by atoms with E-state index in [1.807, 2.05) is 0 Å². The molecule has 102 heavy (non-hydrogen) atoms. The summed E-state index contributed by atoms with van der Waals surface area (Å²) in [6.45, 7) is 4.83. The van der Waals surface area contributed by atoms with Crippen molar-refractivity contribution in [3.8, 4) is 0 Å². The van der Waals surface area contributed by atoms with Gasteiger partial charge in [0.05, 0.1) is 26.4 Å². The summed E-state index contributed by atoms with van der Waals surface area (Å²) in [5, 5.41) is 10.6. The van der Waals surface area contributed by atoms with Gasteiger partial charge in [-0.15, -0.1) is 0 Å². The van der Waals surface area contributed by atoms with Crippen LogP contribution in [0.15, 0.2) is 60.8 Å². The van der Waals surface area contributed by atoms with Gasteiger partial charge in [0.2, 0.25) is 0 Å². The molecule has 5 atom stereocenters. The van der Waals surface area contributed by atoms with E-state index in [2.05, 4.69) is 88.5 Å². The second-order valence-corrected chi connectivity index (χ2v) is 31.0. The van der Waals surface area contributed by atoms with Crippen LogP contribution in [0.2, 0.25) is 0 Å². The molecule has 0 aromatic carbocycles. The van der Waals surface area contributed by atoms with Gasteiger partial charge in [-0.3, -0.25) is 37.3 Å².